The summed E-state index contributed by atoms with van der Waals surface area (Å²) in [6.07, 6.45) is -1.14. The molecule has 2 aromatic rings. The summed E-state index contributed by atoms with van der Waals surface area (Å²) in [5.74, 6) is 0. The quantitative estimate of drug-likeness (QED) is 0.666. The molecule has 0 radical (unpaired) electrons. The van der Waals surface area contributed by atoms with Gasteiger partial charge in [-0.05, 0) is 60.6 Å². The van der Waals surface area contributed by atoms with Crippen molar-refractivity contribution in [3.63, 3.8) is 0 Å². The molecule has 2 aliphatic rings. The molecule has 1 atom stereocenters. The number of anilines is 2. The van der Waals surface area contributed by atoms with Crippen LogP contribution in [0.4, 0.5) is 29.3 Å². The minimum atomic E-state index is -4.42. The summed E-state index contributed by atoms with van der Waals surface area (Å²) in [7, 11) is 0. The van der Waals surface area contributed by atoms with Crippen LogP contribution in [-0.2, 0) is 25.6 Å². The predicted octanol–water partition coefficient (Wildman–Crippen LogP) is 4.48. The number of nitrogens with one attached hydrogen (secondary N) is 2. The first-order chi connectivity index (χ1) is 14.8. The molecule has 0 saturated carbocycles. The van der Waals surface area contributed by atoms with Gasteiger partial charge in [0.1, 0.15) is 0 Å². The fourth-order valence-corrected chi connectivity index (χ4v) is 4.38. The molecule has 3 N–H and O–H groups in total. The van der Waals surface area contributed by atoms with Crippen LogP contribution >= 0.6 is 0 Å². The Morgan fingerprint density at radius 3 is 2.68 bits per heavy atom. The van der Waals surface area contributed by atoms with Crippen molar-refractivity contribution in [1.29, 1.82) is 0 Å². The smallest absolute Gasteiger partial charge is 0.393 e. The second-order valence-corrected chi connectivity index (χ2v) is 8.19. The average molecular weight is 433 g/mol. The number of alkyl halides is 3. The van der Waals surface area contributed by atoms with Crippen molar-refractivity contribution >= 4 is 17.4 Å². The molecule has 1 saturated heterocycles. The second-order valence-electron chi connectivity index (χ2n) is 8.19. The first-order valence-corrected chi connectivity index (χ1v) is 10.6. The van der Waals surface area contributed by atoms with Gasteiger partial charge in [-0.25, -0.2) is 4.79 Å². The zero-order valence-electron chi connectivity index (χ0n) is 17.1. The summed E-state index contributed by atoms with van der Waals surface area (Å²) < 4.78 is 40.3. The number of amides is 2. The van der Waals surface area contributed by atoms with Gasteiger partial charge in [-0.1, -0.05) is 18.2 Å². The maximum Gasteiger partial charge on any atom is 0.418 e. The van der Waals surface area contributed by atoms with Gasteiger partial charge in [-0.15, -0.1) is 0 Å². The van der Waals surface area contributed by atoms with Crippen LogP contribution in [0.15, 0.2) is 36.4 Å². The number of nitrogens with zero attached hydrogens (tertiary/aromatic N) is 1. The van der Waals surface area contributed by atoms with Crippen LogP contribution in [0.3, 0.4) is 0 Å². The van der Waals surface area contributed by atoms with E-state index in [2.05, 4.69) is 10.6 Å². The van der Waals surface area contributed by atoms with Crippen LogP contribution in [0.5, 0.6) is 0 Å². The largest absolute Gasteiger partial charge is 0.418 e. The number of carbonyl (C=O) groups is 1. The number of urea groups is 1. The fourth-order valence-electron chi connectivity index (χ4n) is 4.38. The van der Waals surface area contributed by atoms with Gasteiger partial charge in [0.15, 0.2) is 0 Å². The summed E-state index contributed by atoms with van der Waals surface area (Å²) in [4.78, 5) is 14.2. The van der Waals surface area contributed by atoms with Gasteiger partial charge >= 0.3 is 12.2 Å². The Labute approximate surface area is 179 Å². The van der Waals surface area contributed by atoms with E-state index in [1.165, 1.54) is 12.1 Å². The Hall–Kier alpha value is -2.74. The highest BCUT2D eigenvalue weighted by Gasteiger charge is 2.35. The van der Waals surface area contributed by atoms with E-state index < -0.39 is 23.9 Å². The van der Waals surface area contributed by atoms with E-state index in [-0.39, 0.29) is 12.2 Å². The molecule has 1 fully saturated rings. The van der Waals surface area contributed by atoms with E-state index in [0.717, 1.165) is 36.5 Å². The molecule has 0 unspecified atom stereocenters. The highest BCUT2D eigenvalue weighted by atomic mass is 19.4. The molecule has 31 heavy (non-hydrogen) atoms. The summed E-state index contributed by atoms with van der Waals surface area (Å²) in [5.41, 5.74) is 2.84. The number of halogens is 3. The third kappa shape index (κ3) is 4.95. The van der Waals surface area contributed by atoms with Crippen LogP contribution in [0, 0.1) is 0 Å². The minimum absolute atomic E-state index is 0.114. The lowest BCUT2D eigenvalue weighted by molar-refractivity contribution is -0.137. The first-order valence-electron chi connectivity index (χ1n) is 10.6. The van der Waals surface area contributed by atoms with E-state index in [0.29, 0.717) is 37.2 Å². The number of aryl methyl sites for hydroxylation is 1. The zero-order valence-corrected chi connectivity index (χ0v) is 17.1. The monoisotopic (exact) mass is 433 g/mol. The molecule has 166 valence electrons. The van der Waals surface area contributed by atoms with Gasteiger partial charge in [0.2, 0.25) is 0 Å². The van der Waals surface area contributed by atoms with Crippen molar-refractivity contribution in [3.8, 4) is 0 Å². The third-order valence-electron chi connectivity index (χ3n) is 5.98. The molecule has 1 heterocycles. The van der Waals surface area contributed by atoms with Crippen molar-refractivity contribution in [1.82, 2.24) is 5.32 Å². The van der Waals surface area contributed by atoms with Gasteiger partial charge in [-0.2, -0.15) is 13.2 Å². The number of rotatable bonds is 4. The third-order valence-corrected chi connectivity index (χ3v) is 5.98. The minimum Gasteiger partial charge on any atom is -0.393 e. The topological polar surface area (TPSA) is 64.6 Å². The number of carbonyl (C=O) groups excluding carboxylic acids is 1. The Balaban J connectivity index is 1.45. The number of hydrogen-bond acceptors (Lipinski definition) is 3. The number of hydrogen-bond donors (Lipinski definition) is 3. The van der Waals surface area contributed by atoms with Crippen LogP contribution in [0.25, 0.3) is 0 Å². The molecular formula is C23H26F3N3O2. The molecule has 0 aromatic heterocycles. The number of aliphatic hydroxyl groups is 1. The van der Waals surface area contributed by atoms with Gasteiger partial charge in [0.25, 0.3) is 0 Å². The zero-order chi connectivity index (χ0) is 22.0. The van der Waals surface area contributed by atoms with E-state index in [4.69, 9.17) is 0 Å². The summed E-state index contributed by atoms with van der Waals surface area (Å²) >= 11 is 0. The lowest BCUT2D eigenvalue weighted by Crippen LogP contribution is -2.30. The molecule has 1 aliphatic carbocycles. The van der Waals surface area contributed by atoms with Gasteiger partial charge < -0.3 is 20.6 Å². The van der Waals surface area contributed by atoms with E-state index in [9.17, 15) is 23.1 Å². The molecule has 4 rings (SSSR count). The van der Waals surface area contributed by atoms with Crippen LogP contribution in [0.1, 0.15) is 41.5 Å². The lowest BCUT2D eigenvalue weighted by atomic mass is 9.88. The molecule has 2 amide bonds. The lowest BCUT2D eigenvalue weighted by Gasteiger charge is -2.24. The first kappa shape index (κ1) is 21.5. The van der Waals surface area contributed by atoms with Gasteiger partial charge in [-0.3, -0.25) is 0 Å². The summed E-state index contributed by atoms with van der Waals surface area (Å²) in [5, 5.41) is 15.5. The normalized spacial score (nSPS) is 18.6. The summed E-state index contributed by atoms with van der Waals surface area (Å²) in [6, 6.07) is 9.24. The van der Waals surface area contributed by atoms with E-state index in [1.807, 2.05) is 12.1 Å². The predicted molar refractivity (Wildman–Crippen MR) is 113 cm³/mol. The van der Waals surface area contributed by atoms with E-state index >= 15 is 0 Å². The van der Waals surface area contributed by atoms with Crippen molar-refractivity contribution in [3.05, 3.63) is 58.7 Å². The Morgan fingerprint density at radius 2 is 1.94 bits per heavy atom. The molecular weight excluding hydrogens is 407 g/mol. The highest BCUT2D eigenvalue weighted by Crippen LogP contribution is 2.38. The second kappa shape index (κ2) is 8.78. The Kier molecular flexibility index (Phi) is 6.09. The summed E-state index contributed by atoms with van der Waals surface area (Å²) in [6.45, 7) is 1.32. The van der Waals surface area contributed by atoms with Crippen molar-refractivity contribution in [2.45, 2.75) is 50.9 Å². The molecule has 1 aliphatic heterocycles. The average Bonchev–Trinajstić information content (AvgIpc) is 3.27. The molecule has 8 heteroatoms. The number of benzene rings is 2. The van der Waals surface area contributed by atoms with Crippen molar-refractivity contribution < 1.29 is 23.1 Å². The van der Waals surface area contributed by atoms with E-state index in [1.54, 1.807) is 11.0 Å². The van der Waals surface area contributed by atoms with Crippen LogP contribution in [0.2, 0.25) is 0 Å². The molecule has 0 spiro atoms. The molecule has 0 bridgehead atoms. The van der Waals surface area contributed by atoms with Crippen LogP contribution < -0.4 is 15.5 Å². The standard InChI is InChI=1S/C23H26F3N3O2/c24-23(25,26)19-9-6-15(12-21(19)29-10-1-2-11-29)14-27-22(31)28-20-5-3-4-16-7-8-17(30)13-18(16)20/h3-6,9,12,17,30H,1-2,7-8,10-11,13-14H2,(H2,27,28,31)/t17-/m0/s1. The SMILES string of the molecule is O=C(NCc1ccc(C(F)(F)F)c(N2CCCC2)c1)Nc1cccc2c1C[C@@H](O)CC2. The maximum absolute atomic E-state index is 13.4. The molecule has 2 aromatic carbocycles. The highest BCUT2D eigenvalue weighted by molar-refractivity contribution is 5.90. The Bertz CT molecular complexity index is 956. The van der Waals surface area contributed by atoms with Crippen molar-refractivity contribution in [2.24, 2.45) is 0 Å². The number of aliphatic hydroxyl groups excluding tert-OH is 1. The Morgan fingerprint density at radius 1 is 1.16 bits per heavy atom. The molecule has 5 nitrogen and oxygen atoms in total. The van der Waals surface area contributed by atoms with Crippen LogP contribution in [-0.4, -0.2) is 30.3 Å². The maximum atomic E-state index is 13.4. The van der Waals surface area contributed by atoms with Gasteiger partial charge in [0, 0.05) is 37.4 Å². The van der Waals surface area contributed by atoms with Crippen molar-refractivity contribution in [2.75, 3.05) is 23.3 Å². The fraction of sp³-hybridized carbons (Fsp3) is 0.435. The number of fused-ring (bicyclic) bond motifs is 1. The van der Waals surface area contributed by atoms with Gasteiger partial charge in [0.05, 0.1) is 11.7 Å².